The van der Waals surface area contributed by atoms with Gasteiger partial charge in [-0.15, -0.1) is 0 Å². The fourth-order valence-corrected chi connectivity index (χ4v) is 4.30. The highest BCUT2D eigenvalue weighted by Gasteiger charge is 2.47. The van der Waals surface area contributed by atoms with Crippen molar-refractivity contribution in [2.75, 3.05) is 18.6 Å². The number of ether oxygens (including phenoxy) is 2. The van der Waals surface area contributed by atoms with Gasteiger partial charge in [-0.1, -0.05) is 19.9 Å². The van der Waals surface area contributed by atoms with Gasteiger partial charge in [0.15, 0.2) is 23.1 Å². The summed E-state index contributed by atoms with van der Waals surface area (Å²) < 4.78 is 38.7. The standard InChI is InChI=1S/C29H27F2NO6/c1-15(2)14-38-23-9-6-18(11-16(23)3)27(34)25-26(17-5-10-24(37-4)22(33)12-17)32(29(36)28(25)35)19-7-8-20(30)21(31)13-19/h5-13,15,26,33-34H,14H2,1-4H3/b27-25+. The molecule has 0 radical (unpaired) electrons. The Morgan fingerprint density at radius 3 is 2.32 bits per heavy atom. The van der Waals surface area contributed by atoms with E-state index in [4.69, 9.17) is 9.47 Å². The normalized spacial score (nSPS) is 16.8. The maximum atomic E-state index is 14.1. The first-order chi connectivity index (χ1) is 18.0. The molecule has 0 aromatic heterocycles. The van der Waals surface area contributed by atoms with Crippen molar-refractivity contribution in [3.63, 3.8) is 0 Å². The summed E-state index contributed by atoms with van der Waals surface area (Å²) in [4.78, 5) is 27.5. The molecular weight excluding hydrogens is 496 g/mol. The van der Waals surface area contributed by atoms with Gasteiger partial charge in [0.25, 0.3) is 11.7 Å². The summed E-state index contributed by atoms with van der Waals surface area (Å²) in [6, 6.07) is 10.6. The van der Waals surface area contributed by atoms with Crippen molar-refractivity contribution in [2.45, 2.75) is 26.8 Å². The minimum Gasteiger partial charge on any atom is -0.507 e. The number of aliphatic hydroxyl groups excluding tert-OH is 1. The molecule has 198 valence electrons. The number of hydrogen-bond acceptors (Lipinski definition) is 6. The van der Waals surface area contributed by atoms with Crippen molar-refractivity contribution >= 4 is 23.1 Å². The number of aryl methyl sites for hydroxylation is 1. The Balaban J connectivity index is 1.89. The average Bonchev–Trinajstić information content (AvgIpc) is 3.14. The van der Waals surface area contributed by atoms with E-state index in [9.17, 15) is 28.6 Å². The lowest BCUT2D eigenvalue weighted by Crippen LogP contribution is -2.29. The van der Waals surface area contributed by atoms with Crippen LogP contribution in [0.25, 0.3) is 5.76 Å². The van der Waals surface area contributed by atoms with Gasteiger partial charge >= 0.3 is 0 Å². The topological polar surface area (TPSA) is 96.3 Å². The smallest absolute Gasteiger partial charge is 0.300 e. The molecule has 38 heavy (non-hydrogen) atoms. The first-order valence-electron chi connectivity index (χ1n) is 11.9. The summed E-state index contributed by atoms with van der Waals surface area (Å²) in [6.07, 6.45) is 0. The molecule has 9 heteroatoms. The summed E-state index contributed by atoms with van der Waals surface area (Å²) in [7, 11) is 1.36. The highest BCUT2D eigenvalue weighted by atomic mass is 19.2. The number of halogens is 2. The van der Waals surface area contributed by atoms with E-state index in [2.05, 4.69) is 0 Å². The number of Topliss-reactive ketones (excluding diaryl/α,β-unsaturated/α-hetero) is 1. The number of phenols is 1. The SMILES string of the molecule is COc1ccc(C2/C(=C(\O)c3ccc(OCC(C)C)c(C)c3)C(=O)C(=O)N2c2ccc(F)c(F)c2)cc1O. The predicted octanol–water partition coefficient (Wildman–Crippen LogP) is 5.65. The van der Waals surface area contributed by atoms with E-state index in [1.54, 1.807) is 25.1 Å². The zero-order valence-electron chi connectivity index (χ0n) is 21.3. The van der Waals surface area contributed by atoms with E-state index in [-0.39, 0.29) is 33.9 Å². The number of anilines is 1. The number of hydrogen-bond donors (Lipinski definition) is 2. The van der Waals surface area contributed by atoms with Crippen LogP contribution in [0.15, 0.2) is 60.2 Å². The van der Waals surface area contributed by atoms with Crippen molar-refractivity contribution in [3.05, 3.63) is 88.5 Å². The molecule has 1 fully saturated rings. The van der Waals surface area contributed by atoms with Crippen molar-refractivity contribution < 1.29 is 38.1 Å². The lowest BCUT2D eigenvalue weighted by atomic mass is 9.94. The van der Waals surface area contributed by atoms with E-state index in [1.807, 2.05) is 13.8 Å². The molecule has 1 saturated heterocycles. The van der Waals surface area contributed by atoms with E-state index in [1.165, 1.54) is 25.3 Å². The molecule has 0 aliphatic carbocycles. The lowest BCUT2D eigenvalue weighted by molar-refractivity contribution is -0.132. The Morgan fingerprint density at radius 2 is 1.71 bits per heavy atom. The van der Waals surface area contributed by atoms with Crippen LogP contribution in [-0.4, -0.2) is 35.6 Å². The molecule has 0 bridgehead atoms. The third-order valence-electron chi connectivity index (χ3n) is 6.16. The number of aromatic hydroxyl groups is 1. The number of amides is 1. The summed E-state index contributed by atoms with van der Waals surface area (Å²) >= 11 is 0. The number of ketones is 1. The minimum atomic E-state index is -1.26. The van der Waals surface area contributed by atoms with Crippen LogP contribution in [0.5, 0.6) is 17.2 Å². The van der Waals surface area contributed by atoms with Crippen LogP contribution in [0, 0.1) is 24.5 Å². The number of phenolic OH excluding ortho intramolecular Hbond substituents is 1. The van der Waals surface area contributed by atoms with Crippen molar-refractivity contribution in [1.82, 2.24) is 0 Å². The molecule has 1 aliphatic rings. The summed E-state index contributed by atoms with van der Waals surface area (Å²) in [6.45, 7) is 6.30. The summed E-state index contributed by atoms with van der Waals surface area (Å²) in [5.74, 6) is -4.10. The van der Waals surface area contributed by atoms with Gasteiger partial charge in [-0.2, -0.15) is 0 Å². The number of carbonyl (C=O) groups is 2. The lowest BCUT2D eigenvalue weighted by Gasteiger charge is -2.26. The Morgan fingerprint density at radius 1 is 1.00 bits per heavy atom. The monoisotopic (exact) mass is 523 g/mol. The number of carbonyl (C=O) groups excluding carboxylic acids is 2. The third-order valence-corrected chi connectivity index (χ3v) is 6.16. The molecular formula is C29H27F2NO6. The third kappa shape index (κ3) is 4.91. The van der Waals surface area contributed by atoms with Crippen LogP contribution < -0.4 is 14.4 Å². The highest BCUT2D eigenvalue weighted by Crippen LogP contribution is 2.44. The largest absolute Gasteiger partial charge is 0.507 e. The number of rotatable bonds is 7. The number of nitrogens with zero attached hydrogens (tertiary/aromatic N) is 1. The van der Waals surface area contributed by atoms with Gasteiger partial charge in [-0.3, -0.25) is 14.5 Å². The van der Waals surface area contributed by atoms with Crippen molar-refractivity contribution in [3.8, 4) is 17.2 Å². The zero-order valence-corrected chi connectivity index (χ0v) is 21.3. The molecule has 0 saturated carbocycles. The van der Waals surface area contributed by atoms with Gasteiger partial charge in [0, 0.05) is 17.3 Å². The van der Waals surface area contributed by atoms with Crippen LogP contribution in [0.3, 0.4) is 0 Å². The number of methoxy groups -OCH3 is 1. The zero-order chi connectivity index (χ0) is 27.7. The van der Waals surface area contributed by atoms with Crippen molar-refractivity contribution in [2.24, 2.45) is 5.92 Å². The molecule has 0 spiro atoms. The molecule has 1 heterocycles. The molecule has 1 unspecified atom stereocenters. The Hall–Kier alpha value is -4.40. The highest BCUT2D eigenvalue weighted by molar-refractivity contribution is 6.51. The van der Waals surface area contributed by atoms with E-state index in [0.717, 1.165) is 23.1 Å². The van der Waals surface area contributed by atoms with E-state index >= 15 is 0 Å². The first kappa shape index (κ1) is 26.7. The van der Waals surface area contributed by atoms with Gasteiger partial charge in [0.1, 0.15) is 11.5 Å². The quantitative estimate of drug-likeness (QED) is 0.236. The molecule has 3 aromatic carbocycles. The van der Waals surface area contributed by atoms with Gasteiger partial charge in [-0.25, -0.2) is 8.78 Å². The maximum absolute atomic E-state index is 14.1. The van der Waals surface area contributed by atoms with Crippen LogP contribution >= 0.6 is 0 Å². The molecule has 1 amide bonds. The Labute approximate surface area is 218 Å². The fourth-order valence-electron chi connectivity index (χ4n) is 4.30. The van der Waals surface area contributed by atoms with Crippen molar-refractivity contribution in [1.29, 1.82) is 0 Å². The summed E-state index contributed by atoms with van der Waals surface area (Å²) in [5.41, 5.74) is 0.814. The minimum absolute atomic E-state index is 0.0982. The first-order valence-corrected chi connectivity index (χ1v) is 11.9. The average molecular weight is 524 g/mol. The van der Waals surface area contributed by atoms with Crippen LogP contribution in [0.1, 0.15) is 36.6 Å². The van der Waals surface area contributed by atoms with Crippen LogP contribution in [0.4, 0.5) is 14.5 Å². The molecule has 3 aromatic rings. The van der Waals surface area contributed by atoms with Gasteiger partial charge < -0.3 is 19.7 Å². The molecule has 2 N–H and O–H groups in total. The predicted molar refractivity (Wildman–Crippen MR) is 137 cm³/mol. The second-order valence-corrected chi connectivity index (χ2v) is 9.38. The van der Waals surface area contributed by atoms with E-state index in [0.29, 0.717) is 23.8 Å². The fraction of sp³-hybridized carbons (Fsp3) is 0.241. The van der Waals surface area contributed by atoms with Gasteiger partial charge in [-0.05, 0) is 66.4 Å². The van der Waals surface area contributed by atoms with Crippen LogP contribution in [0.2, 0.25) is 0 Å². The maximum Gasteiger partial charge on any atom is 0.300 e. The van der Waals surface area contributed by atoms with Crippen LogP contribution in [-0.2, 0) is 9.59 Å². The van der Waals surface area contributed by atoms with Gasteiger partial charge in [0.2, 0.25) is 0 Å². The van der Waals surface area contributed by atoms with Gasteiger partial charge in [0.05, 0.1) is 25.3 Å². The second kappa shape index (κ2) is 10.5. The molecule has 7 nitrogen and oxygen atoms in total. The number of aliphatic hydroxyl groups is 1. The van der Waals surface area contributed by atoms with E-state index < -0.39 is 35.1 Å². The summed E-state index contributed by atoms with van der Waals surface area (Å²) in [5, 5.41) is 21.7. The number of benzene rings is 3. The Kier molecular flexibility index (Phi) is 7.39. The molecule has 1 aliphatic heterocycles. The second-order valence-electron chi connectivity index (χ2n) is 9.38. The molecule has 1 atom stereocenters. The molecule has 4 rings (SSSR count). The Bertz CT molecular complexity index is 1450.